The van der Waals surface area contributed by atoms with E-state index in [-0.39, 0.29) is 18.4 Å². The SMILES string of the molecule is CC1CCC(C(=O)N2CCOC(C(=O)O)C2)CC1. The maximum Gasteiger partial charge on any atom is 0.334 e. The summed E-state index contributed by atoms with van der Waals surface area (Å²) < 4.78 is 5.13. The summed E-state index contributed by atoms with van der Waals surface area (Å²) in [6, 6.07) is 0. The van der Waals surface area contributed by atoms with Crippen molar-refractivity contribution >= 4 is 11.9 Å². The van der Waals surface area contributed by atoms with Gasteiger partial charge in [-0.1, -0.05) is 6.92 Å². The Labute approximate surface area is 107 Å². The first-order chi connectivity index (χ1) is 8.58. The Morgan fingerprint density at radius 3 is 2.50 bits per heavy atom. The summed E-state index contributed by atoms with van der Waals surface area (Å²) in [4.78, 5) is 24.9. The van der Waals surface area contributed by atoms with E-state index in [2.05, 4.69) is 6.92 Å². The largest absolute Gasteiger partial charge is 0.479 e. The highest BCUT2D eigenvalue weighted by atomic mass is 16.5. The predicted molar refractivity (Wildman–Crippen MR) is 65.1 cm³/mol. The molecule has 0 bridgehead atoms. The van der Waals surface area contributed by atoms with Crippen molar-refractivity contribution in [2.24, 2.45) is 11.8 Å². The fourth-order valence-electron chi connectivity index (χ4n) is 2.76. The number of carbonyl (C=O) groups excluding carboxylic acids is 1. The number of carbonyl (C=O) groups is 2. The van der Waals surface area contributed by atoms with Crippen molar-refractivity contribution in [1.82, 2.24) is 4.90 Å². The van der Waals surface area contributed by atoms with Crippen LogP contribution in [0.4, 0.5) is 0 Å². The van der Waals surface area contributed by atoms with Crippen LogP contribution in [0.2, 0.25) is 0 Å². The van der Waals surface area contributed by atoms with Crippen molar-refractivity contribution in [3.05, 3.63) is 0 Å². The third-order valence-corrected chi connectivity index (χ3v) is 4.02. The molecule has 0 aromatic heterocycles. The molecule has 1 heterocycles. The number of hydrogen-bond donors (Lipinski definition) is 1. The van der Waals surface area contributed by atoms with Crippen LogP contribution in [0.15, 0.2) is 0 Å². The third kappa shape index (κ3) is 3.02. The topological polar surface area (TPSA) is 66.8 Å². The zero-order valence-electron chi connectivity index (χ0n) is 10.8. The van der Waals surface area contributed by atoms with Crippen LogP contribution in [0.25, 0.3) is 0 Å². The number of hydrogen-bond acceptors (Lipinski definition) is 3. The maximum atomic E-state index is 12.3. The Balaban J connectivity index is 1.90. The van der Waals surface area contributed by atoms with E-state index in [1.807, 2.05) is 0 Å². The van der Waals surface area contributed by atoms with Crippen molar-refractivity contribution < 1.29 is 19.4 Å². The monoisotopic (exact) mass is 255 g/mol. The highest BCUT2D eigenvalue weighted by molar-refractivity contribution is 5.80. The van der Waals surface area contributed by atoms with E-state index in [0.717, 1.165) is 25.7 Å². The van der Waals surface area contributed by atoms with Gasteiger partial charge in [0.2, 0.25) is 5.91 Å². The van der Waals surface area contributed by atoms with Gasteiger partial charge < -0.3 is 14.7 Å². The molecule has 2 fully saturated rings. The second kappa shape index (κ2) is 5.69. The van der Waals surface area contributed by atoms with Crippen molar-refractivity contribution in [3.8, 4) is 0 Å². The standard InChI is InChI=1S/C13H21NO4/c1-9-2-4-10(5-3-9)12(15)14-6-7-18-11(8-14)13(16)17/h9-11H,2-8H2,1H3,(H,16,17). The molecule has 1 saturated carbocycles. The zero-order valence-corrected chi connectivity index (χ0v) is 10.8. The summed E-state index contributed by atoms with van der Waals surface area (Å²) in [5, 5.41) is 8.92. The molecule has 1 unspecified atom stereocenters. The van der Waals surface area contributed by atoms with Crippen LogP contribution in [-0.2, 0) is 14.3 Å². The molecule has 1 saturated heterocycles. The van der Waals surface area contributed by atoms with Gasteiger partial charge in [0.25, 0.3) is 0 Å². The molecule has 1 atom stereocenters. The lowest BCUT2D eigenvalue weighted by Crippen LogP contribution is -2.50. The quantitative estimate of drug-likeness (QED) is 0.803. The molecule has 1 aliphatic heterocycles. The van der Waals surface area contributed by atoms with E-state index in [0.29, 0.717) is 19.1 Å². The van der Waals surface area contributed by atoms with Gasteiger partial charge in [0, 0.05) is 12.5 Å². The van der Waals surface area contributed by atoms with Crippen LogP contribution < -0.4 is 0 Å². The number of amides is 1. The van der Waals surface area contributed by atoms with Gasteiger partial charge in [-0.05, 0) is 31.6 Å². The Morgan fingerprint density at radius 1 is 1.22 bits per heavy atom. The normalized spacial score (nSPS) is 33.2. The highest BCUT2D eigenvalue weighted by Crippen LogP contribution is 2.29. The van der Waals surface area contributed by atoms with Crippen molar-refractivity contribution in [1.29, 1.82) is 0 Å². The van der Waals surface area contributed by atoms with E-state index in [9.17, 15) is 9.59 Å². The summed E-state index contributed by atoms with van der Waals surface area (Å²) in [5.74, 6) is -0.0551. The predicted octanol–water partition coefficient (Wildman–Crippen LogP) is 1.12. The number of carboxylic acids is 1. The summed E-state index contributed by atoms with van der Waals surface area (Å²) >= 11 is 0. The summed E-state index contributed by atoms with van der Waals surface area (Å²) in [6.45, 7) is 3.26. The first-order valence-electron chi connectivity index (χ1n) is 6.71. The number of rotatable bonds is 2. The lowest BCUT2D eigenvalue weighted by atomic mass is 9.82. The second-order valence-corrected chi connectivity index (χ2v) is 5.44. The molecule has 0 aromatic carbocycles. The molecule has 18 heavy (non-hydrogen) atoms. The molecule has 2 rings (SSSR count). The van der Waals surface area contributed by atoms with Crippen molar-refractivity contribution in [2.45, 2.75) is 38.7 Å². The van der Waals surface area contributed by atoms with Crippen LogP contribution in [0.1, 0.15) is 32.6 Å². The molecule has 1 aliphatic carbocycles. The zero-order chi connectivity index (χ0) is 13.1. The Morgan fingerprint density at radius 2 is 1.89 bits per heavy atom. The van der Waals surface area contributed by atoms with E-state index in [1.165, 1.54) is 0 Å². The molecule has 2 aliphatic rings. The maximum absolute atomic E-state index is 12.3. The molecule has 102 valence electrons. The average Bonchev–Trinajstić information content (AvgIpc) is 2.39. The van der Waals surface area contributed by atoms with Crippen LogP contribution in [0.3, 0.4) is 0 Å². The fraction of sp³-hybridized carbons (Fsp3) is 0.846. The van der Waals surface area contributed by atoms with Gasteiger partial charge >= 0.3 is 5.97 Å². The Bertz CT molecular complexity index is 323. The Hall–Kier alpha value is -1.10. The Kier molecular flexibility index (Phi) is 4.22. The molecule has 5 nitrogen and oxygen atoms in total. The van der Waals surface area contributed by atoms with E-state index in [4.69, 9.17) is 9.84 Å². The molecule has 0 radical (unpaired) electrons. The number of nitrogens with zero attached hydrogens (tertiary/aromatic N) is 1. The van der Waals surface area contributed by atoms with Gasteiger partial charge in [-0.3, -0.25) is 4.79 Å². The van der Waals surface area contributed by atoms with Crippen LogP contribution >= 0.6 is 0 Å². The van der Waals surface area contributed by atoms with E-state index >= 15 is 0 Å². The van der Waals surface area contributed by atoms with Gasteiger partial charge in [0.1, 0.15) is 0 Å². The lowest BCUT2D eigenvalue weighted by Gasteiger charge is -2.35. The van der Waals surface area contributed by atoms with E-state index in [1.54, 1.807) is 4.90 Å². The van der Waals surface area contributed by atoms with Gasteiger partial charge in [-0.2, -0.15) is 0 Å². The molecule has 5 heteroatoms. The van der Waals surface area contributed by atoms with Crippen molar-refractivity contribution in [3.63, 3.8) is 0 Å². The summed E-state index contributed by atoms with van der Waals surface area (Å²) in [7, 11) is 0. The summed E-state index contributed by atoms with van der Waals surface area (Å²) in [6.07, 6.45) is 3.22. The number of ether oxygens (including phenoxy) is 1. The third-order valence-electron chi connectivity index (χ3n) is 4.02. The first kappa shape index (κ1) is 13.3. The second-order valence-electron chi connectivity index (χ2n) is 5.44. The smallest absolute Gasteiger partial charge is 0.334 e. The van der Waals surface area contributed by atoms with Gasteiger partial charge in [-0.15, -0.1) is 0 Å². The van der Waals surface area contributed by atoms with Crippen LogP contribution in [0, 0.1) is 11.8 Å². The molecule has 1 N–H and O–H groups in total. The van der Waals surface area contributed by atoms with E-state index < -0.39 is 12.1 Å². The number of aliphatic carboxylic acids is 1. The minimum absolute atomic E-state index is 0.0914. The average molecular weight is 255 g/mol. The molecular formula is C13H21NO4. The fourth-order valence-corrected chi connectivity index (χ4v) is 2.76. The number of morpholine rings is 1. The molecular weight excluding hydrogens is 234 g/mol. The van der Waals surface area contributed by atoms with Gasteiger partial charge in [0.05, 0.1) is 13.2 Å². The molecule has 0 spiro atoms. The lowest BCUT2D eigenvalue weighted by molar-refractivity contribution is -0.160. The highest BCUT2D eigenvalue weighted by Gasteiger charge is 2.33. The van der Waals surface area contributed by atoms with Crippen LogP contribution in [0.5, 0.6) is 0 Å². The minimum Gasteiger partial charge on any atom is -0.479 e. The molecule has 1 amide bonds. The minimum atomic E-state index is -0.982. The molecule has 0 aromatic rings. The van der Waals surface area contributed by atoms with Crippen molar-refractivity contribution in [2.75, 3.05) is 19.7 Å². The van der Waals surface area contributed by atoms with Gasteiger partial charge in [-0.25, -0.2) is 4.79 Å². The van der Waals surface area contributed by atoms with Gasteiger partial charge in [0.15, 0.2) is 6.10 Å². The first-order valence-corrected chi connectivity index (χ1v) is 6.71. The number of carboxylic acid groups (broad SMARTS) is 1. The van der Waals surface area contributed by atoms with Crippen LogP contribution in [-0.4, -0.2) is 47.7 Å². The summed E-state index contributed by atoms with van der Waals surface area (Å²) in [5.41, 5.74) is 0.